The highest BCUT2D eigenvalue weighted by Crippen LogP contribution is 2.47. The molecule has 0 amide bonds. The molecule has 3 aromatic carbocycles. The van der Waals surface area contributed by atoms with Gasteiger partial charge in [0.15, 0.2) is 0 Å². The number of hydrogen-bond acceptors (Lipinski definition) is 2. The predicted octanol–water partition coefficient (Wildman–Crippen LogP) is 6.11. The molecule has 2 nitrogen and oxygen atoms in total. The number of fused-ring (bicyclic) bond motifs is 1. The Morgan fingerprint density at radius 3 is 2.03 bits per heavy atom. The monoisotopic (exact) mass is 555 g/mol. The lowest BCUT2D eigenvalue weighted by molar-refractivity contribution is 0.143. The van der Waals surface area contributed by atoms with E-state index in [1.54, 1.807) is 0 Å². The molecule has 0 saturated heterocycles. The minimum absolute atomic E-state index is 0.117. The Hall–Kier alpha value is -2.01. The van der Waals surface area contributed by atoms with Crippen LogP contribution in [0.25, 0.3) is 0 Å². The van der Waals surface area contributed by atoms with Gasteiger partial charge in [-0.2, -0.15) is 5.26 Å². The van der Waals surface area contributed by atoms with E-state index in [2.05, 4.69) is 82.3 Å². The zero-order valence-electron chi connectivity index (χ0n) is 18.8. The van der Waals surface area contributed by atoms with E-state index in [0.29, 0.717) is 21.1 Å². The van der Waals surface area contributed by atoms with E-state index in [4.69, 9.17) is 4.43 Å². The largest absolute Gasteiger partial charge is 0.400 e. The quantitative estimate of drug-likeness (QED) is 0.288. The van der Waals surface area contributed by atoms with E-state index < -0.39 is 8.32 Å². The van der Waals surface area contributed by atoms with Crippen molar-refractivity contribution in [2.24, 2.45) is 5.92 Å². The summed E-state index contributed by atoms with van der Waals surface area (Å²) in [5.74, 6) is -0.183. The van der Waals surface area contributed by atoms with Crippen LogP contribution in [0.1, 0.15) is 50.5 Å². The van der Waals surface area contributed by atoms with Crippen molar-refractivity contribution in [2.75, 3.05) is 0 Å². The molecule has 0 N–H and O–H groups in total. The van der Waals surface area contributed by atoms with Gasteiger partial charge in [-0.05, 0) is 62.0 Å². The van der Waals surface area contributed by atoms with Gasteiger partial charge in [0.05, 0.1) is 15.2 Å². The molecular weight excluding hydrogens is 528 g/mol. The molecule has 0 radical (unpaired) electrons. The molecule has 2 unspecified atom stereocenters. The first-order valence-corrected chi connectivity index (χ1v) is 13.9. The number of halogens is 2. The number of benzene rings is 3. The van der Waals surface area contributed by atoms with E-state index in [1.165, 1.54) is 10.4 Å². The first-order valence-electron chi connectivity index (χ1n) is 10.9. The number of hydrogen-bond donors (Lipinski definition) is 0. The Kier molecular flexibility index (Phi) is 6.32. The molecule has 1 aliphatic carbocycles. The Labute approximate surface area is 204 Å². The van der Waals surface area contributed by atoms with Crippen LogP contribution in [-0.4, -0.2) is 8.32 Å². The minimum Gasteiger partial charge on any atom is -0.400 e. The van der Waals surface area contributed by atoms with Crippen LogP contribution < -0.4 is 10.4 Å². The minimum atomic E-state index is -2.82. The van der Waals surface area contributed by atoms with Gasteiger partial charge in [0.1, 0.15) is 11.9 Å². The summed E-state index contributed by atoms with van der Waals surface area (Å²) in [6, 6.07) is 24.9. The molecule has 0 bridgehead atoms. The molecule has 2 atom stereocenters. The fourth-order valence-corrected chi connectivity index (χ4v) is 10.4. The highest BCUT2D eigenvalue weighted by atomic mass is 127. The normalized spacial score (nSPS) is 18.3. The first kappa shape index (κ1) is 23.2. The lowest BCUT2D eigenvalue weighted by Gasteiger charge is -2.45. The summed E-state index contributed by atoms with van der Waals surface area (Å²) in [7, 11) is -2.82. The zero-order valence-corrected chi connectivity index (χ0v) is 22.0. The molecule has 164 valence electrons. The summed E-state index contributed by atoms with van der Waals surface area (Å²) in [4.78, 5) is 0. The number of nitriles is 1. The molecule has 3 aromatic rings. The second-order valence-corrected chi connectivity index (χ2v) is 15.0. The lowest BCUT2D eigenvalue weighted by atomic mass is 10.0. The molecular formula is C27H27FINOSi. The first-order chi connectivity index (χ1) is 15.2. The summed E-state index contributed by atoms with van der Waals surface area (Å²) in [5.41, 5.74) is 1.93. The smallest absolute Gasteiger partial charge is 0.261 e. The Morgan fingerprint density at radius 2 is 1.56 bits per heavy atom. The standard InChI is InChI=1S/C27H27FINOSi/c1-18-15-19-16-20(17-30)25(29)24(28)23(19)26(18)31-32(27(2,3)4,21-11-7-5-8-12-21)22-13-9-6-10-14-22/h5-14,16,18,26H,15H2,1-4H3. The summed E-state index contributed by atoms with van der Waals surface area (Å²) in [5, 5.41) is 11.6. The van der Waals surface area contributed by atoms with Gasteiger partial charge in [0, 0.05) is 5.56 Å². The van der Waals surface area contributed by atoms with Gasteiger partial charge in [-0.15, -0.1) is 0 Å². The Bertz CT molecular complexity index is 1130. The highest BCUT2D eigenvalue weighted by Gasteiger charge is 2.53. The Balaban J connectivity index is 1.95. The highest BCUT2D eigenvalue weighted by molar-refractivity contribution is 14.1. The van der Waals surface area contributed by atoms with Gasteiger partial charge in [0.25, 0.3) is 8.32 Å². The van der Waals surface area contributed by atoms with Crippen molar-refractivity contribution < 1.29 is 8.82 Å². The van der Waals surface area contributed by atoms with Crippen molar-refractivity contribution in [3.63, 3.8) is 0 Å². The second kappa shape index (κ2) is 8.73. The average Bonchev–Trinajstić information content (AvgIpc) is 3.09. The van der Waals surface area contributed by atoms with Crippen molar-refractivity contribution in [1.82, 2.24) is 0 Å². The van der Waals surface area contributed by atoms with E-state index in [9.17, 15) is 5.26 Å². The van der Waals surface area contributed by atoms with Crippen LogP contribution in [0, 0.1) is 26.6 Å². The van der Waals surface area contributed by atoms with Crippen molar-refractivity contribution in [3.05, 3.63) is 92.8 Å². The molecule has 0 spiro atoms. The van der Waals surface area contributed by atoms with Gasteiger partial charge >= 0.3 is 0 Å². The van der Waals surface area contributed by atoms with Gasteiger partial charge in [-0.1, -0.05) is 88.4 Å². The number of rotatable bonds is 4. The summed E-state index contributed by atoms with van der Waals surface area (Å²) in [6.07, 6.45) is 0.346. The van der Waals surface area contributed by atoms with E-state index >= 15 is 4.39 Å². The fraction of sp³-hybridized carbons (Fsp3) is 0.296. The average molecular weight is 556 g/mol. The van der Waals surface area contributed by atoms with Gasteiger partial charge in [-0.25, -0.2) is 4.39 Å². The zero-order chi connectivity index (χ0) is 23.1. The van der Waals surface area contributed by atoms with Crippen LogP contribution in [0.15, 0.2) is 66.7 Å². The SMILES string of the molecule is CC1Cc2cc(C#N)c(I)c(F)c2C1O[Si](c1ccccc1)(c1ccccc1)C(C)(C)C. The molecule has 0 aliphatic heterocycles. The maximum atomic E-state index is 15.6. The molecule has 5 heteroatoms. The molecule has 32 heavy (non-hydrogen) atoms. The third-order valence-corrected chi connectivity index (χ3v) is 12.6. The summed E-state index contributed by atoms with van der Waals surface area (Å²) >= 11 is 1.95. The molecule has 1 aliphatic rings. The van der Waals surface area contributed by atoms with Crippen LogP contribution in [0.2, 0.25) is 5.04 Å². The van der Waals surface area contributed by atoms with Crippen LogP contribution >= 0.6 is 22.6 Å². The predicted molar refractivity (Wildman–Crippen MR) is 138 cm³/mol. The summed E-state index contributed by atoms with van der Waals surface area (Å²) < 4.78 is 23.3. The van der Waals surface area contributed by atoms with Crippen molar-refractivity contribution in [2.45, 2.75) is 45.3 Å². The molecule has 0 aromatic heterocycles. The van der Waals surface area contributed by atoms with Gasteiger partial charge < -0.3 is 4.43 Å². The van der Waals surface area contributed by atoms with Gasteiger partial charge in [0.2, 0.25) is 0 Å². The fourth-order valence-electron chi connectivity index (χ4n) is 5.05. The van der Waals surface area contributed by atoms with E-state index in [0.717, 1.165) is 5.56 Å². The van der Waals surface area contributed by atoms with E-state index in [-0.39, 0.29) is 22.9 Å². The molecule has 4 rings (SSSR count). The topological polar surface area (TPSA) is 33.0 Å². The van der Waals surface area contributed by atoms with Crippen LogP contribution in [0.3, 0.4) is 0 Å². The summed E-state index contributed by atoms with van der Waals surface area (Å²) in [6.45, 7) is 8.83. The van der Waals surface area contributed by atoms with Crippen molar-refractivity contribution in [1.29, 1.82) is 5.26 Å². The van der Waals surface area contributed by atoms with Crippen molar-refractivity contribution >= 4 is 41.3 Å². The van der Waals surface area contributed by atoms with Crippen LogP contribution in [-0.2, 0) is 10.8 Å². The number of nitrogens with zero attached hydrogens (tertiary/aromatic N) is 1. The third-order valence-electron chi connectivity index (χ3n) is 6.51. The third kappa shape index (κ3) is 3.72. The van der Waals surface area contributed by atoms with Crippen molar-refractivity contribution in [3.8, 4) is 6.07 Å². The maximum absolute atomic E-state index is 15.6. The molecule has 0 heterocycles. The lowest BCUT2D eigenvalue weighted by Crippen LogP contribution is -2.67. The van der Waals surface area contributed by atoms with Crippen LogP contribution in [0.4, 0.5) is 4.39 Å². The maximum Gasteiger partial charge on any atom is 0.261 e. The van der Waals surface area contributed by atoms with E-state index in [1.807, 2.05) is 40.8 Å². The molecule has 0 saturated carbocycles. The Morgan fingerprint density at radius 1 is 1.03 bits per heavy atom. The molecule has 0 fully saturated rings. The second-order valence-electron chi connectivity index (χ2n) is 9.62. The van der Waals surface area contributed by atoms with Gasteiger partial charge in [-0.3, -0.25) is 0 Å². The van der Waals surface area contributed by atoms with Crippen LogP contribution in [0.5, 0.6) is 0 Å².